The molecule has 1 aliphatic rings. The zero-order valence-corrected chi connectivity index (χ0v) is 29.3. The Morgan fingerprint density at radius 1 is 0.933 bits per heavy atom. The molecule has 1 aliphatic heterocycles. The number of amides is 2. The number of benzene rings is 2. The van der Waals surface area contributed by atoms with Crippen molar-refractivity contribution in [1.29, 1.82) is 0 Å². The summed E-state index contributed by atoms with van der Waals surface area (Å²) in [6, 6.07) is 23.6. The molecule has 1 N–H and O–H groups in total. The standard InChI is InChI=1S/C37H51N3O4Si/c1-36(2,3)43-35(42)40-31(21-22-32(40)33(28-14-10-9-11-15-28)44-45(7,8)37(4,5)6)26-27-17-19-29(20-18-27)34(41)39-25-23-30-16-12-13-24-38-30/h9-20,24,31-33H,21-23,25-26H2,1-8H3,(H,39,41)/t31-,32+,33+/m0/s1. The molecule has 7 nitrogen and oxygen atoms in total. The van der Waals surface area contributed by atoms with E-state index in [1.165, 1.54) is 0 Å². The smallest absolute Gasteiger partial charge is 0.410 e. The van der Waals surface area contributed by atoms with E-state index in [2.05, 4.69) is 56.3 Å². The third kappa shape index (κ3) is 9.27. The summed E-state index contributed by atoms with van der Waals surface area (Å²) in [6.45, 7) is 17.5. The first-order valence-corrected chi connectivity index (χ1v) is 19.1. The highest BCUT2D eigenvalue weighted by Crippen LogP contribution is 2.44. The predicted molar refractivity (Wildman–Crippen MR) is 183 cm³/mol. The van der Waals surface area contributed by atoms with Gasteiger partial charge in [-0.1, -0.05) is 69.3 Å². The number of nitrogens with zero attached hydrogens (tertiary/aromatic N) is 2. The molecule has 2 heterocycles. The Morgan fingerprint density at radius 3 is 2.20 bits per heavy atom. The first-order chi connectivity index (χ1) is 21.1. The van der Waals surface area contributed by atoms with Gasteiger partial charge >= 0.3 is 6.09 Å². The molecule has 0 radical (unpaired) electrons. The van der Waals surface area contributed by atoms with Crippen LogP contribution in [0.4, 0.5) is 4.79 Å². The zero-order chi connectivity index (χ0) is 32.8. The van der Waals surface area contributed by atoms with Gasteiger partial charge in [-0.2, -0.15) is 0 Å². The van der Waals surface area contributed by atoms with Crippen molar-refractivity contribution in [3.05, 3.63) is 101 Å². The lowest BCUT2D eigenvalue weighted by Gasteiger charge is -2.43. The molecule has 1 fully saturated rings. The summed E-state index contributed by atoms with van der Waals surface area (Å²) in [4.78, 5) is 33.0. The Balaban J connectivity index is 1.53. The van der Waals surface area contributed by atoms with E-state index in [0.29, 0.717) is 24.9 Å². The normalized spacial score (nSPS) is 18.0. The van der Waals surface area contributed by atoms with E-state index in [1.54, 1.807) is 6.20 Å². The molecule has 8 heteroatoms. The molecule has 4 rings (SSSR count). The summed E-state index contributed by atoms with van der Waals surface area (Å²) in [5.41, 5.74) is 3.09. The minimum atomic E-state index is -2.19. The highest BCUT2D eigenvalue weighted by Gasteiger charge is 2.47. The lowest BCUT2D eigenvalue weighted by Crippen LogP contribution is -2.50. The molecule has 1 aromatic heterocycles. The summed E-state index contributed by atoms with van der Waals surface area (Å²) in [5.74, 6) is -0.109. The Bertz CT molecular complexity index is 1400. The molecule has 0 aliphatic carbocycles. The van der Waals surface area contributed by atoms with E-state index in [4.69, 9.17) is 9.16 Å². The van der Waals surface area contributed by atoms with Crippen LogP contribution in [0.25, 0.3) is 0 Å². The number of ether oxygens (including phenoxy) is 1. The van der Waals surface area contributed by atoms with Gasteiger partial charge in [0.1, 0.15) is 5.60 Å². The minimum absolute atomic E-state index is 0.0151. The summed E-state index contributed by atoms with van der Waals surface area (Å²) in [6.07, 6.45) is 4.19. The molecule has 0 unspecified atom stereocenters. The molecule has 1 saturated heterocycles. The van der Waals surface area contributed by atoms with E-state index < -0.39 is 13.9 Å². The SMILES string of the molecule is CC(C)(C)OC(=O)N1[C@H](Cc2ccc(C(=O)NCCc3ccccn3)cc2)CC[C@@H]1[C@H](O[Si](C)(C)C(C)(C)C)c1ccccc1. The van der Waals surface area contributed by atoms with Gasteiger partial charge in [0.15, 0.2) is 8.32 Å². The van der Waals surface area contributed by atoms with Gasteiger partial charge in [-0.05, 0) is 93.6 Å². The number of carbonyl (C=O) groups excluding carboxylic acids is 2. The summed E-state index contributed by atoms with van der Waals surface area (Å²) in [5, 5.41) is 3.00. The molecule has 0 spiro atoms. The van der Waals surface area contributed by atoms with Gasteiger partial charge in [0.05, 0.1) is 12.1 Å². The Kier molecular flexibility index (Phi) is 10.9. The van der Waals surface area contributed by atoms with Crippen molar-refractivity contribution in [1.82, 2.24) is 15.2 Å². The highest BCUT2D eigenvalue weighted by atomic mass is 28.4. The molecule has 3 atom stereocenters. The van der Waals surface area contributed by atoms with Gasteiger partial charge in [0.25, 0.3) is 5.91 Å². The van der Waals surface area contributed by atoms with E-state index in [1.807, 2.05) is 86.3 Å². The van der Waals surface area contributed by atoms with Gasteiger partial charge < -0.3 is 14.5 Å². The van der Waals surface area contributed by atoms with Crippen molar-refractivity contribution in [2.45, 2.75) is 109 Å². The van der Waals surface area contributed by atoms with Crippen LogP contribution in [0.15, 0.2) is 79.0 Å². The van der Waals surface area contributed by atoms with Crippen LogP contribution in [0.3, 0.4) is 0 Å². The van der Waals surface area contributed by atoms with Gasteiger partial charge in [-0.15, -0.1) is 0 Å². The predicted octanol–water partition coefficient (Wildman–Crippen LogP) is 8.13. The number of nitrogens with one attached hydrogen (secondary N) is 1. The molecular formula is C37H51N3O4Si. The lowest BCUT2D eigenvalue weighted by molar-refractivity contribution is -0.00239. The van der Waals surface area contributed by atoms with E-state index >= 15 is 0 Å². The summed E-state index contributed by atoms with van der Waals surface area (Å²) in [7, 11) is -2.19. The maximum absolute atomic E-state index is 13.9. The first kappa shape index (κ1) is 34.4. The maximum atomic E-state index is 13.9. The zero-order valence-electron chi connectivity index (χ0n) is 28.3. The van der Waals surface area contributed by atoms with E-state index in [-0.39, 0.29) is 35.2 Å². The highest BCUT2D eigenvalue weighted by molar-refractivity contribution is 6.74. The molecule has 45 heavy (non-hydrogen) atoms. The molecule has 3 aromatic rings. The number of rotatable bonds is 10. The number of hydrogen-bond donors (Lipinski definition) is 1. The van der Waals surface area contributed by atoms with Gasteiger partial charge in [-0.3, -0.25) is 14.7 Å². The fourth-order valence-corrected chi connectivity index (χ4v) is 6.81. The quantitative estimate of drug-likeness (QED) is 0.229. The second-order valence-electron chi connectivity index (χ2n) is 14.6. The third-order valence-electron chi connectivity index (χ3n) is 8.94. The minimum Gasteiger partial charge on any atom is -0.444 e. The largest absolute Gasteiger partial charge is 0.444 e. The monoisotopic (exact) mass is 629 g/mol. The second-order valence-corrected chi connectivity index (χ2v) is 19.4. The van der Waals surface area contributed by atoms with Gasteiger partial charge in [-0.25, -0.2) is 4.79 Å². The van der Waals surface area contributed by atoms with Crippen LogP contribution in [0, 0.1) is 0 Å². The molecule has 2 amide bonds. The maximum Gasteiger partial charge on any atom is 0.410 e. The van der Waals surface area contributed by atoms with Crippen molar-refractivity contribution in [2.24, 2.45) is 0 Å². The van der Waals surface area contributed by atoms with Crippen molar-refractivity contribution >= 4 is 20.3 Å². The van der Waals surface area contributed by atoms with Gasteiger partial charge in [0.2, 0.25) is 0 Å². The van der Waals surface area contributed by atoms with Gasteiger partial charge in [0, 0.05) is 36.5 Å². The van der Waals surface area contributed by atoms with Crippen LogP contribution >= 0.6 is 0 Å². The average molecular weight is 630 g/mol. The summed E-state index contributed by atoms with van der Waals surface area (Å²) >= 11 is 0. The molecule has 0 saturated carbocycles. The van der Waals surface area contributed by atoms with Crippen LogP contribution in [0.5, 0.6) is 0 Å². The fourth-order valence-electron chi connectivity index (χ4n) is 5.53. The van der Waals surface area contributed by atoms with Crippen LogP contribution in [0.2, 0.25) is 18.1 Å². The number of likely N-dealkylation sites (tertiary alicyclic amines) is 1. The fraction of sp³-hybridized carbons (Fsp3) is 0.486. The first-order valence-electron chi connectivity index (χ1n) is 16.2. The van der Waals surface area contributed by atoms with Crippen molar-refractivity contribution in [3.8, 4) is 0 Å². The summed E-state index contributed by atoms with van der Waals surface area (Å²) < 4.78 is 13.1. The number of hydrogen-bond acceptors (Lipinski definition) is 5. The van der Waals surface area contributed by atoms with Crippen LogP contribution in [0.1, 0.15) is 87.7 Å². The van der Waals surface area contributed by atoms with E-state index in [0.717, 1.165) is 29.7 Å². The number of aromatic nitrogens is 1. The lowest BCUT2D eigenvalue weighted by atomic mass is 10.0. The van der Waals surface area contributed by atoms with Crippen molar-refractivity contribution in [2.75, 3.05) is 6.54 Å². The topological polar surface area (TPSA) is 80.8 Å². The van der Waals surface area contributed by atoms with Crippen LogP contribution in [-0.4, -0.2) is 54.4 Å². The third-order valence-corrected chi connectivity index (χ3v) is 13.4. The Hall–Kier alpha value is -3.49. The Labute approximate surface area is 270 Å². The second kappa shape index (κ2) is 14.3. The number of pyridine rings is 1. The van der Waals surface area contributed by atoms with Crippen LogP contribution < -0.4 is 5.32 Å². The molecule has 242 valence electrons. The molecule has 0 bridgehead atoms. The molecular weight excluding hydrogens is 579 g/mol. The van der Waals surface area contributed by atoms with Crippen LogP contribution in [-0.2, 0) is 22.0 Å². The van der Waals surface area contributed by atoms with E-state index in [9.17, 15) is 9.59 Å². The number of carbonyl (C=O) groups is 2. The average Bonchev–Trinajstić information content (AvgIpc) is 3.39. The van der Waals surface area contributed by atoms with Crippen molar-refractivity contribution < 1.29 is 18.8 Å². The Morgan fingerprint density at radius 2 is 1.60 bits per heavy atom. The molecule has 2 aromatic carbocycles. The van der Waals surface area contributed by atoms with Crippen molar-refractivity contribution in [3.63, 3.8) is 0 Å².